The first-order valence-electron chi connectivity index (χ1n) is 10.0. The Hall–Kier alpha value is -1.82. The maximum absolute atomic E-state index is 4.36. The molecule has 0 N–H and O–H groups in total. The third-order valence-corrected chi connectivity index (χ3v) is 5.39. The maximum atomic E-state index is 4.36. The summed E-state index contributed by atoms with van der Waals surface area (Å²) in [6, 6.07) is 18.1. The van der Waals surface area contributed by atoms with E-state index >= 15 is 0 Å². The summed E-state index contributed by atoms with van der Waals surface area (Å²) in [6.07, 6.45) is 1.15. The fraction of sp³-hybridized carbons (Fsp3) is 0.440. The van der Waals surface area contributed by atoms with Gasteiger partial charge in [-0.15, -0.1) is 0 Å². The van der Waals surface area contributed by atoms with Gasteiger partial charge in [-0.2, -0.15) is 0 Å². The summed E-state index contributed by atoms with van der Waals surface area (Å²) >= 11 is 0. The van der Waals surface area contributed by atoms with E-state index in [4.69, 9.17) is 0 Å². The summed E-state index contributed by atoms with van der Waals surface area (Å²) in [7, 11) is 0. The van der Waals surface area contributed by atoms with Crippen molar-refractivity contribution in [3.05, 3.63) is 82.9 Å². The Balaban J connectivity index is 0.000000528. The molecule has 0 nitrogen and oxygen atoms in total. The van der Waals surface area contributed by atoms with Crippen LogP contribution in [0.5, 0.6) is 0 Å². The summed E-state index contributed by atoms with van der Waals surface area (Å²) in [5.74, 6) is 2.36. The molecule has 0 amide bonds. The highest BCUT2D eigenvalue weighted by molar-refractivity contribution is 5.59. The first-order chi connectivity index (χ1) is 12.2. The van der Waals surface area contributed by atoms with Crippen LogP contribution in [-0.4, -0.2) is 0 Å². The van der Waals surface area contributed by atoms with Crippen LogP contribution in [0, 0.1) is 5.92 Å². The molecule has 134 valence electrons. The normalized spacial score (nSPS) is 22.7. The first kappa shape index (κ1) is 19.5. The van der Waals surface area contributed by atoms with Crippen molar-refractivity contribution in [3.63, 3.8) is 0 Å². The molecule has 3 unspecified atom stereocenters. The number of rotatable bonds is 1. The SMILES string of the molecule is C=C1C2c3ccccc3CC(C(C)C)c3ccccc3C12.CC.CC. The van der Waals surface area contributed by atoms with Gasteiger partial charge in [0, 0.05) is 11.8 Å². The van der Waals surface area contributed by atoms with Crippen LogP contribution < -0.4 is 0 Å². The molecule has 0 bridgehead atoms. The summed E-state index contributed by atoms with van der Waals surface area (Å²) in [6.45, 7) is 17.1. The number of allylic oxidation sites excluding steroid dienone is 1. The van der Waals surface area contributed by atoms with Crippen LogP contribution in [-0.2, 0) is 6.42 Å². The molecule has 0 aromatic heterocycles. The highest BCUT2D eigenvalue weighted by atomic mass is 14.5. The van der Waals surface area contributed by atoms with E-state index in [9.17, 15) is 0 Å². The van der Waals surface area contributed by atoms with Crippen LogP contribution in [0.3, 0.4) is 0 Å². The van der Waals surface area contributed by atoms with Crippen LogP contribution in [0.25, 0.3) is 0 Å². The molecule has 1 fully saturated rings. The molecule has 0 heteroatoms. The van der Waals surface area contributed by atoms with Gasteiger partial charge < -0.3 is 0 Å². The van der Waals surface area contributed by atoms with Gasteiger partial charge in [-0.1, -0.05) is 102 Å². The lowest BCUT2D eigenvalue weighted by atomic mass is 9.77. The van der Waals surface area contributed by atoms with Crippen molar-refractivity contribution in [1.82, 2.24) is 0 Å². The van der Waals surface area contributed by atoms with E-state index < -0.39 is 0 Å². The summed E-state index contributed by atoms with van der Waals surface area (Å²) in [4.78, 5) is 0. The number of benzene rings is 2. The van der Waals surface area contributed by atoms with Crippen molar-refractivity contribution in [2.45, 2.75) is 65.7 Å². The van der Waals surface area contributed by atoms with Gasteiger partial charge in [-0.25, -0.2) is 0 Å². The Labute approximate surface area is 155 Å². The van der Waals surface area contributed by atoms with Crippen LogP contribution in [0.4, 0.5) is 0 Å². The molecule has 0 heterocycles. The van der Waals surface area contributed by atoms with E-state index in [0.29, 0.717) is 23.7 Å². The summed E-state index contributed by atoms with van der Waals surface area (Å²) in [5, 5.41) is 0. The summed E-state index contributed by atoms with van der Waals surface area (Å²) < 4.78 is 0. The second-order valence-corrected chi connectivity index (χ2v) is 6.91. The van der Waals surface area contributed by atoms with Crippen LogP contribution in [0.2, 0.25) is 0 Å². The lowest BCUT2D eigenvalue weighted by Crippen LogP contribution is -2.15. The van der Waals surface area contributed by atoms with E-state index in [1.54, 1.807) is 5.56 Å². The molecule has 25 heavy (non-hydrogen) atoms. The van der Waals surface area contributed by atoms with Crippen molar-refractivity contribution in [2.75, 3.05) is 0 Å². The quantitative estimate of drug-likeness (QED) is 0.474. The molecule has 2 aliphatic carbocycles. The lowest BCUT2D eigenvalue weighted by molar-refractivity contribution is 0.488. The Morgan fingerprint density at radius 1 is 0.760 bits per heavy atom. The van der Waals surface area contributed by atoms with Crippen molar-refractivity contribution >= 4 is 0 Å². The molecule has 2 aromatic carbocycles. The molecule has 0 aliphatic heterocycles. The molecule has 1 saturated carbocycles. The number of hydrogen-bond acceptors (Lipinski definition) is 0. The van der Waals surface area contributed by atoms with Gasteiger partial charge in [-0.05, 0) is 40.5 Å². The van der Waals surface area contributed by atoms with Crippen LogP contribution in [0.1, 0.15) is 81.5 Å². The molecule has 2 aromatic rings. The predicted molar refractivity (Wildman–Crippen MR) is 111 cm³/mol. The predicted octanol–water partition coefficient (Wildman–Crippen LogP) is 7.47. The smallest absolute Gasteiger partial charge is 0.0161 e. The van der Waals surface area contributed by atoms with Gasteiger partial charge in [0.1, 0.15) is 0 Å². The zero-order valence-electron chi connectivity index (χ0n) is 16.8. The highest BCUT2D eigenvalue weighted by Crippen LogP contribution is 2.62. The van der Waals surface area contributed by atoms with E-state index in [1.807, 2.05) is 27.7 Å². The minimum Gasteiger partial charge on any atom is -0.0986 e. The standard InChI is InChI=1S/C21H22.2C2H6/c1-13(2)19-12-15-8-4-5-9-16(15)20-14(3)21(20)18-11-7-6-10-17(18)19;2*1-2/h4-11,13,19-21H,3,12H2,1-2H3;2*1-2H3. The fourth-order valence-electron chi connectivity index (χ4n) is 4.17. The van der Waals surface area contributed by atoms with Gasteiger partial charge in [0.15, 0.2) is 0 Å². The van der Waals surface area contributed by atoms with Gasteiger partial charge in [0.25, 0.3) is 0 Å². The minimum absolute atomic E-state index is 0.545. The largest absolute Gasteiger partial charge is 0.0986 e. The average molecular weight is 335 g/mol. The molecule has 0 radical (unpaired) electrons. The minimum atomic E-state index is 0.545. The molecule has 4 rings (SSSR count). The second kappa shape index (κ2) is 8.52. The summed E-state index contributed by atoms with van der Waals surface area (Å²) in [5.41, 5.74) is 7.53. The van der Waals surface area contributed by atoms with Gasteiger partial charge in [-0.3, -0.25) is 0 Å². The topological polar surface area (TPSA) is 0 Å². The molecule has 2 aliphatic rings. The Kier molecular flexibility index (Phi) is 6.64. The third kappa shape index (κ3) is 3.59. The monoisotopic (exact) mass is 334 g/mol. The second-order valence-electron chi connectivity index (χ2n) is 6.91. The highest BCUT2D eigenvalue weighted by Gasteiger charge is 2.47. The molecule has 0 spiro atoms. The molecular formula is C25H34. The average Bonchev–Trinajstić information content (AvgIpc) is 3.31. The number of hydrogen-bond donors (Lipinski definition) is 0. The van der Waals surface area contributed by atoms with Crippen molar-refractivity contribution in [2.24, 2.45) is 5.92 Å². The van der Waals surface area contributed by atoms with Crippen molar-refractivity contribution < 1.29 is 0 Å². The van der Waals surface area contributed by atoms with E-state index in [2.05, 4.69) is 69.0 Å². The maximum Gasteiger partial charge on any atom is 0.0161 e. The van der Waals surface area contributed by atoms with Gasteiger partial charge >= 0.3 is 0 Å². The van der Waals surface area contributed by atoms with Gasteiger partial charge in [0.05, 0.1) is 0 Å². The number of fused-ring (bicyclic) bond motifs is 5. The van der Waals surface area contributed by atoms with E-state index in [1.165, 1.54) is 22.3 Å². The van der Waals surface area contributed by atoms with E-state index in [0.717, 1.165) is 6.42 Å². The molecule has 3 atom stereocenters. The Morgan fingerprint density at radius 3 is 1.84 bits per heavy atom. The molecular weight excluding hydrogens is 300 g/mol. The van der Waals surface area contributed by atoms with Crippen LogP contribution in [0.15, 0.2) is 60.7 Å². The Morgan fingerprint density at radius 2 is 1.24 bits per heavy atom. The van der Waals surface area contributed by atoms with Gasteiger partial charge in [0.2, 0.25) is 0 Å². The Bertz CT molecular complexity index is 707. The van der Waals surface area contributed by atoms with Crippen LogP contribution >= 0.6 is 0 Å². The first-order valence-corrected chi connectivity index (χ1v) is 10.0. The molecule has 0 saturated heterocycles. The third-order valence-electron chi connectivity index (χ3n) is 5.39. The lowest BCUT2D eigenvalue weighted by Gasteiger charge is -2.27. The fourth-order valence-corrected chi connectivity index (χ4v) is 4.17. The van der Waals surface area contributed by atoms with E-state index in [-0.39, 0.29) is 0 Å². The zero-order chi connectivity index (χ0) is 18.6. The van der Waals surface area contributed by atoms with Crippen molar-refractivity contribution in [3.8, 4) is 0 Å². The van der Waals surface area contributed by atoms with Crippen molar-refractivity contribution in [1.29, 1.82) is 0 Å². The zero-order valence-corrected chi connectivity index (χ0v) is 16.8.